The van der Waals surface area contributed by atoms with E-state index in [0.29, 0.717) is 5.92 Å². The Kier molecular flexibility index (Phi) is 5.71. The van der Waals surface area contributed by atoms with E-state index in [0.717, 1.165) is 28.9 Å². The van der Waals surface area contributed by atoms with Gasteiger partial charge in [-0.15, -0.1) is 11.3 Å². The highest BCUT2D eigenvalue weighted by Crippen LogP contribution is 2.30. The van der Waals surface area contributed by atoms with Crippen LogP contribution in [0.15, 0.2) is 36.4 Å². The molecule has 1 atom stereocenters. The third-order valence-corrected chi connectivity index (χ3v) is 4.66. The summed E-state index contributed by atoms with van der Waals surface area (Å²) in [4.78, 5) is 1.30. The predicted octanol–water partition coefficient (Wildman–Crippen LogP) is 4.99. The summed E-state index contributed by atoms with van der Waals surface area (Å²) in [5, 5.41) is 4.25. The minimum absolute atomic E-state index is 0.378. The summed E-state index contributed by atoms with van der Waals surface area (Å²) in [5.41, 5.74) is 1.20. The molecule has 0 saturated carbocycles. The van der Waals surface area contributed by atoms with Crippen LogP contribution in [0, 0.1) is 0 Å². The molecule has 1 unspecified atom stereocenters. The Morgan fingerprint density at radius 2 is 1.95 bits per heavy atom. The summed E-state index contributed by atoms with van der Waals surface area (Å²) in [6.07, 6.45) is 0.966. The van der Waals surface area contributed by atoms with Crippen LogP contribution in [0.2, 0.25) is 9.36 Å². The number of rotatable bonds is 6. The molecule has 0 aliphatic rings. The average molecular weight is 314 g/mol. The first-order valence-electron chi connectivity index (χ1n) is 6.40. The van der Waals surface area contributed by atoms with Gasteiger partial charge in [-0.2, -0.15) is 0 Å². The molecule has 1 aromatic carbocycles. The number of thiophene rings is 1. The van der Waals surface area contributed by atoms with Gasteiger partial charge in [-0.25, -0.2) is 0 Å². The van der Waals surface area contributed by atoms with Crippen molar-refractivity contribution in [1.29, 1.82) is 0 Å². The molecule has 1 heterocycles. The van der Waals surface area contributed by atoms with Crippen molar-refractivity contribution < 1.29 is 0 Å². The van der Waals surface area contributed by atoms with Crippen LogP contribution < -0.4 is 5.32 Å². The fourth-order valence-electron chi connectivity index (χ4n) is 2.12. The molecule has 1 nitrogen and oxygen atoms in total. The maximum absolute atomic E-state index is 6.32. The van der Waals surface area contributed by atoms with Gasteiger partial charge in [-0.3, -0.25) is 0 Å². The molecule has 0 amide bonds. The van der Waals surface area contributed by atoms with Gasteiger partial charge in [0.2, 0.25) is 0 Å². The van der Waals surface area contributed by atoms with E-state index in [9.17, 15) is 0 Å². The molecule has 1 aromatic heterocycles. The lowest BCUT2D eigenvalue weighted by Crippen LogP contribution is -2.22. The summed E-state index contributed by atoms with van der Waals surface area (Å²) in [6.45, 7) is 4.01. The fourth-order valence-corrected chi connectivity index (χ4v) is 3.58. The molecule has 0 radical (unpaired) electrons. The third kappa shape index (κ3) is 4.22. The molecule has 2 rings (SSSR count). The van der Waals surface area contributed by atoms with E-state index in [2.05, 4.69) is 24.4 Å². The molecule has 0 spiro atoms. The minimum atomic E-state index is 0.378. The average Bonchev–Trinajstić information content (AvgIpc) is 2.81. The van der Waals surface area contributed by atoms with E-state index in [4.69, 9.17) is 23.2 Å². The van der Waals surface area contributed by atoms with Gasteiger partial charge in [0, 0.05) is 22.4 Å². The zero-order valence-corrected chi connectivity index (χ0v) is 13.2. The molecule has 0 fully saturated rings. The number of likely N-dealkylation sites (N-methyl/N-ethyl adjacent to an activating group) is 1. The van der Waals surface area contributed by atoms with Gasteiger partial charge in [0.15, 0.2) is 0 Å². The zero-order chi connectivity index (χ0) is 13.7. The van der Waals surface area contributed by atoms with E-state index < -0.39 is 0 Å². The lowest BCUT2D eigenvalue weighted by atomic mass is 9.95. The summed E-state index contributed by atoms with van der Waals surface area (Å²) in [7, 11) is 0. The molecule has 4 heteroatoms. The number of hydrogen-bond acceptors (Lipinski definition) is 2. The summed E-state index contributed by atoms with van der Waals surface area (Å²) in [6, 6.07) is 12.1. The van der Waals surface area contributed by atoms with Crippen molar-refractivity contribution >= 4 is 34.5 Å². The number of benzene rings is 1. The Morgan fingerprint density at radius 3 is 2.58 bits per heavy atom. The Hall–Kier alpha value is -0.540. The van der Waals surface area contributed by atoms with Crippen molar-refractivity contribution in [2.24, 2.45) is 0 Å². The lowest BCUT2D eigenvalue weighted by molar-refractivity contribution is 0.598. The second kappa shape index (κ2) is 7.30. The van der Waals surface area contributed by atoms with Crippen LogP contribution in [-0.2, 0) is 6.42 Å². The summed E-state index contributed by atoms with van der Waals surface area (Å²) < 4.78 is 0.844. The van der Waals surface area contributed by atoms with Gasteiger partial charge in [-0.1, -0.05) is 48.3 Å². The monoisotopic (exact) mass is 313 g/mol. The second-order valence-electron chi connectivity index (χ2n) is 4.44. The quantitative estimate of drug-likeness (QED) is 0.792. The van der Waals surface area contributed by atoms with Crippen molar-refractivity contribution in [3.8, 4) is 0 Å². The molecule has 0 saturated heterocycles. The Labute approximate surface area is 128 Å². The smallest absolute Gasteiger partial charge is 0.0931 e. The first-order chi connectivity index (χ1) is 9.20. The van der Waals surface area contributed by atoms with Gasteiger partial charge in [0.1, 0.15) is 0 Å². The van der Waals surface area contributed by atoms with Crippen LogP contribution in [-0.4, -0.2) is 13.1 Å². The largest absolute Gasteiger partial charge is 0.316 e. The third-order valence-electron chi connectivity index (χ3n) is 3.06. The van der Waals surface area contributed by atoms with Crippen LogP contribution in [0.3, 0.4) is 0 Å². The highest BCUT2D eigenvalue weighted by Gasteiger charge is 2.15. The fraction of sp³-hybridized carbons (Fsp3) is 0.333. The van der Waals surface area contributed by atoms with Crippen LogP contribution in [0.5, 0.6) is 0 Å². The first-order valence-corrected chi connectivity index (χ1v) is 7.97. The van der Waals surface area contributed by atoms with Crippen molar-refractivity contribution in [1.82, 2.24) is 5.32 Å². The van der Waals surface area contributed by atoms with Gasteiger partial charge < -0.3 is 5.32 Å². The molecule has 102 valence electrons. The molecule has 0 bridgehead atoms. The zero-order valence-electron chi connectivity index (χ0n) is 10.8. The Balaban J connectivity index is 2.18. The molecule has 19 heavy (non-hydrogen) atoms. The van der Waals surface area contributed by atoms with Gasteiger partial charge in [-0.05, 0) is 36.7 Å². The van der Waals surface area contributed by atoms with Crippen LogP contribution in [0.25, 0.3) is 0 Å². The SMILES string of the molecule is CCNCC(Cc1ccc(Cl)s1)c1ccccc1Cl. The summed E-state index contributed by atoms with van der Waals surface area (Å²) >= 11 is 14.0. The number of halogens is 2. The second-order valence-corrected chi connectivity index (χ2v) is 6.64. The maximum atomic E-state index is 6.32. The van der Waals surface area contributed by atoms with Crippen LogP contribution in [0.1, 0.15) is 23.3 Å². The highest BCUT2D eigenvalue weighted by atomic mass is 35.5. The lowest BCUT2D eigenvalue weighted by Gasteiger charge is -2.18. The maximum Gasteiger partial charge on any atom is 0.0931 e. The van der Waals surface area contributed by atoms with E-state index in [-0.39, 0.29) is 0 Å². The van der Waals surface area contributed by atoms with Gasteiger partial charge >= 0.3 is 0 Å². The molecular weight excluding hydrogens is 297 g/mol. The van der Waals surface area contributed by atoms with Crippen LogP contribution in [0.4, 0.5) is 0 Å². The number of hydrogen-bond donors (Lipinski definition) is 1. The Morgan fingerprint density at radius 1 is 1.16 bits per heavy atom. The van der Waals surface area contributed by atoms with Gasteiger partial charge in [0.05, 0.1) is 4.34 Å². The van der Waals surface area contributed by atoms with Crippen molar-refractivity contribution in [3.63, 3.8) is 0 Å². The van der Waals surface area contributed by atoms with Crippen LogP contribution >= 0.6 is 34.5 Å². The number of nitrogens with one attached hydrogen (secondary N) is 1. The van der Waals surface area contributed by atoms with Crippen molar-refractivity contribution in [2.45, 2.75) is 19.3 Å². The molecular formula is C15H17Cl2NS. The Bertz CT molecular complexity index is 524. The van der Waals surface area contributed by atoms with Gasteiger partial charge in [0.25, 0.3) is 0 Å². The molecule has 2 aromatic rings. The highest BCUT2D eigenvalue weighted by molar-refractivity contribution is 7.16. The summed E-state index contributed by atoms with van der Waals surface area (Å²) in [5.74, 6) is 0.378. The van der Waals surface area contributed by atoms with Crippen molar-refractivity contribution in [3.05, 3.63) is 56.2 Å². The van der Waals surface area contributed by atoms with E-state index in [1.54, 1.807) is 11.3 Å². The predicted molar refractivity (Wildman–Crippen MR) is 85.8 cm³/mol. The van der Waals surface area contributed by atoms with Crippen molar-refractivity contribution in [2.75, 3.05) is 13.1 Å². The van der Waals surface area contributed by atoms with E-state index >= 15 is 0 Å². The molecule has 1 N–H and O–H groups in total. The van der Waals surface area contributed by atoms with E-state index in [1.807, 2.05) is 24.3 Å². The first kappa shape index (κ1) is 14.9. The topological polar surface area (TPSA) is 12.0 Å². The molecule has 0 aliphatic carbocycles. The van der Waals surface area contributed by atoms with E-state index in [1.165, 1.54) is 10.4 Å². The molecule has 0 aliphatic heterocycles. The normalized spacial score (nSPS) is 12.6. The minimum Gasteiger partial charge on any atom is -0.316 e. The standard InChI is InChI=1S/C15H17Cl2NS/c1-2-18-10-11(9-12-7-8-15(17)19-12)13-5-3-4-6-14(13)16/h3-8,11,18H,2,9-10H2,1H3.